The Bertz CT molecular complexity index is 721. The van der Waals surface area contributed by atoms with E-state index in [0.29, 0.717) is 12.0 Å². The molecule has 0 bridgehead atoms. The summed E-state index contributed by atoms with van der Waals surface area (Å²) in [6.07, 6.45) is 8.99. The molecule has 0 saturated heterocycles. The van der Waals surface area contributed by atoms with Crippen molar-refractivity contribution in [3.8, 4) is 5.75 Å². The topological polar surface area (TPSA) is 55.8 Å². The lowest BCUT2D eigenvalue weighted by atomic mass is 9.93. The van der Waals surface area contributed by atoms with Gasteiger partial charge in [-0.2, -0.15) is 0 Å². The SMILES string of the molecule is COC=C(C(=O)O)C1=CC=CCC1=COc1cc(C)ccc1C. The van der Waals surface area contributed by atoms with Crippen LogP contribution in [0.5, 0.6) is 5.75 Å². The summed E-state index contributed by atoms with van der Waals surface area (Å²) in [5, 5.41) is 9.36. The first-order valence-corrected chi connectivity index (χ1v) is 7.29. The van der Waals surface area contributed by atoms with Crippen molar-refractivity contribution in [1.29, 1.82) is 0 Å². The average Bonchev–Trinajstić information content (AvgIpc) is 2.53. The summed E-state index contributed by atoms with van der Waals surface area (Å²) in [5.74, 6) is -0.273. The maximum atomic E-state index is 11.4. The molecule has 0 heterocycles. The zero-order valence-corrected chi connectivity index (χ0v) is 13.5. The first kappa shape index (κ1) is 16.6. The van der Waals surface area contributed by atoms with E-state index in [9.17, 15) is 9.90 Å². The van der Waals surface area contributed by atoms with Crippen LogP contribution in [0.4, 0.5) is 0 Å². The Balaban J connectivity index is 2.31. The molecular formula is C19H20O4. The largest absolute Gasteiger partial charge is 0.503 e. The van der Waals surface area contributed by atoms with Gasteiger partial charge in [-0.3, -0.25) is 0 Å². The predicted octanol–water partition coefficient (Wildman–Crippen LogP) is 4.07. The molecule has 0 spiro atoms. The van der Waals surface area contributed by atoms with Gasteiger partial charge >= 0.3 is 5.97 Å². The highest BCUT2D eigenvalue weighted by Crippen LogP contribution is 2.28. The third-order valence-electron chi connectivity index (χ3n) is 3.51. The van der Waals surface area contributed by atoms with Crippen LogP contribution in [-0.2, 0) is 9.53 Å². The first-order valence-electron chi connectivity index (χ1n) is 7.29. The molecule has 23 heavy (non-hydrogen) atoms. The number of rotatable bonds is 5. The van der Waals surface area contributed by atoms with Crippen molar-refractivity contribution in [3.63, 3.8) is 0 Å². The Hall–Kier alpha value is -2.75. The van der Waals surface area contributed by atoms with E-state index in [1.165, 1.54) is 13.4 Å². The fourth-order valence-corrected chi connectivity index (χ4v) is 2.27. The summed E-state index contributed by atoms with van der Waals surface area (Å²) in [4.78, 5) is 11.4. The summed E-state index contributed by atoms with van der Waals surface area (Å²) in [6, 6.07) is 5.97. The number of carboxylic acids is 1. The lowest BCUT2D eigenvalue weighted by molar-refractivity contribution is -0.132. The molecular weight excluding hydrogens is 292 g/mol. The Morgan fingerprint density at radius 2 is 2.09 bits per heavy atom. The molecule has 0 amide bonds. The second-order valence-electron chi connectivity index (χ2n) is 5.31. The second-order valence-corrected chi connectivity index (χ2v) is 5.31. The van der Waals surface area contributed by atoms with Crippen LogP contribution in [0.15, 0.2) is 65.7 Å². The van der Waals surface area contributed by atoms with Crippen molar-refractivity contribution in [3.05, 3.63) is 76.8 Å². The number of ether oxygens (including phenoxy) is 2. The van der Waals surface area contributed by atoms with E-state index in [1.807, 2.05) is 44.2 Å². The first-order chi connectivity index (χ1) is 11.0. The molecule has 1 aliphatic rings. The molecule has 4 nitrogen and oxygen atoms in total. The molecule has 0 fully saturated rings. The van der Waals surface area contributed by atoms with Crippen LogP contribution in [0, 0.1) is 13.8 Å². The van der Waals surface area contributed by atoms with Crippen molar-refractivity contribution in [1.82, 2.24) is 0 Å². The lowest BCUT2D eigenvalue weighted by Crippen LogP contribution is -2.08. The fourth-order valence-electron chi connectivity index (χ4n) is 2.27. The average molecular weight is 312 g/mol. The molecule has 0 aliphatic heterocycles. The number of aliphatic carboxylic acids is 1. The van der Waals surface area contributed by atoms with E-state index in [4.69, 9.17) is 9.47 Å². The molecule has 0 saturated carbocycles. The van der Waals surface area contributed by atoms with Gasteiger partial charge in [0.1, 0.15) is 11.3 Å². The van der Waals surface area contributed by atoms with Crippen molar-refractivity contribution in [2.45, 2.75) is 20.3 Å². The number of methoxy groups -OCH3 is 1. The Morgan fingerprint density at radius 1 is 1.30 bits per heavy atom. The number of carbonyl (C=O) groups is 1. The van der Waals surface area contributed by atoms with Crippen LogP contribution in [0.1, 0.15) is 17.5 Å². The summed E-state index contributed by atoms with van der Waals surface area (Å²) in [6.45, 7) is 3.97. The molecule has 0 radical (unpaired) electrons. The van der Waals surface area contributed by atoms with Crippen LogP contribution < -0.4 is 4.74 Å². The van der Waals surface area contributed by atoms with Crippen LogP contribution in [-0.4, -0.2) is 18.2 Å². The van der Waals surface area contributed by atoms with Crippen LogP contribution in [0.25, 0.3) is 0 Å². The molecule has 2 rings (SSSR count). The lowest BCUT2D eigenvalue weighted by Gasteiger charge is -2.15. The van der Waals surface area contributed by atoms with Crippen molar-refractivity contribution < 1.29 is 19.4 Å². The number of hydrogen-bond donors (Lipinski definition) is 1. The smallest absolute Gasteiger partial charge is 0.339 e. The van der Waals surface area contributed by atoms with Gasteiger partial charge in [-0.05, 0) is 48.6 Å². The maximum absolute atomic E-state index is 11.4. The summed E-state index contributed by atoms with van der Waals surface area (Å²) < 4.78 is 10.7. The maximum Gasteiger partial charge on any atom is 0.339 e. The third-order valence-corrected chi connectivity index (χ3v) is 3.51. The molecule has 0 aromatic heterocycles. The second kappa shape index (κ2) is 7.49. The number of allylic oxidation sites excluding steroid dienone is 4. The highest BCUT2D eigenvalue weighted by Gasteiger charge is 2.19. The third kappa shape index (κ3) is 4.13. The van der Waals surface area contributed by atoms with E-state index in [0.717, 1.165) is 22.4 Å². The van der Waals surface area contributed by atoms with Gasteiger partial charge in [-0.1, -0.05) is 30.4 Å². The Kier molecular flexibility index (Phi) is 5.41. The standard InChI is InChI=1S/C19H20O4/c1-13-8-9-14(2)18(10-13)23-11-15-6-4-5-7-16(15)17(12-22-3)19(20)21/h4-5,7-12H,6H2,1-3H3,(H,20,21). The number of hydrogen-bond acceptors (Lipinski definition) is 3. The van der Waals surface area contributed by atoms with Gasteiger partial charge in [-0.25, -0.2) is 4.79 Å². The van der Waals surface area contributed by atoms with Gasteiger partial charge in [0.05, 0.1) is 19.6 Å². The van der Waals surface area contributed by atoms with Crippen molar-refractivity contribution in [2.24, 2.45) is 0 Å². The quantitative estimate of drug-likeness (QED) is 0.658. The Labute approximate surface area is 136 Å². The molecule has 0 unspecified atom stereocenters. The van der Waals surface area contributed by atoms with E-state index >= 15 is 0 Å². The Morgan fingerprint density at radius 3 is 2.78 bits per heavy atom. The molecule has 4 heteroatoms. The summed E-state index contributed by atoms with van der Waals surface area (Å²) >= 11 is 0. The van der Waals surface area contributed by atoms with Gasteiger partial charge in [0.25, 0.3) is 0 Å². The van der Waals surface area contributed by atoms with Crippen LogP contribution >= 0.6 is 0 Å². The number of aryl methyl sites for hydroxylation is 2. The molecule has 1 aromatic rings. The van der Waals surface area contributed by atoms with Crippen molar-refractivity contribution >= 4 is 5.97 Å². The minimum absolute atomic E-state index is 0.104. The summed E-state index contributed by atoms with van der Waals surface area (Å²) in [5.41, 5.74) is 3.61. The minimum Gasteiger partial charge on any atom is -0.503 e. The van der Waals surface area contributed by atoms with Crippen LogP contribution in [0.2, 0.25) is 0 Å². The van der Waals surface area contributed by atoms with E-state index in [1.54, 1.807) is 12.3 Å². The molecule has 1 aliphatic carbocycles. The molecule has 1 N–H and O–H groups in total. The summed E-state index contributed by atoms with van der Waals surface area (Å²) in [7, 11) is 1.43. The predicted molar refractivity (Wildman–Crippen MR) is 89.2 cm³/mol. The highest BCUT2D eigenvalue weighted by molar-refractivity contribution is 5.93. The fraction of sp³-hybridized carbons (Fsp3) is 0.211. The van der Waals surface area contributed by atoms with E-state index < -0.39 is 5.97 Å². The monoisotopic (exact) mass is 312 g/mol. The minimum atomic E-state index is -1.04. The van der Waals surface area contributed by atoms with Gasteiger partial charge in [0, 0.05) is 0 Å². The van der Waals surface area contributed by atoms with E-state index in [-0.39, 0.29) is 5.57 Å². The normalized spacial score (nSPS) is 16.2. The number of carboxylic acid groups (broad SMARTS) is 1. The van der Waals surface area contributed by atoms with Gasteiger partial charge < -0.3 is 14.6 Å². The van der Waals surface area contributed by atoms with Crippen molar-refractivity contribution in [2.75, 3.05) is 7.11 Å². The van der Waals surface area contributed by atoms with E-state index in [2.05, 4.69) is 0 Å². The molecule has 1 aromatic carbocycles. The van der Waals surface area contributed by atoms with Gasteiger partial charge in [0.2, 0.25) is 0 Å². The number of benzene rings is 1. The molecule has 120 valence electrons. The van der Waals surface area contributed by atoms with Gasteiger partial charge in [0.15, 0.2) is 0 Å². The molecule has 0 atom stereocenters. The zero-order chi connectivity index (χ0) is 16.8. The zero-order valence-electron chi connectivity index (χ0n) is 13.5. The highest BCUT2D eigenvalue weighted by atomic mass is 16.5. The van der Waals surface area contributed by atoms with Gasteiger partial charge in [-0.15, -0.1) is 0 Å². The van der Waals surface area contributed by atoms with Crippen LogP contribution in [0.3, 0.4) is 0 Å².